The third kappa shape index (κ3) is 3.95. The van der Waals surface area contributed by atoms with Crippen molar-refractivity contribution in [2.24, 2.45) is 0 Å². The Morgan fingerprint density at radius 3 is 2.47 bits per heavy atom. The molecule has 98 valence electrons. The maximum absolute atomic E-state index is 5.25. The van der Waals surface area contributed by atoms with E-state index in [0.29, 0.717) is 0 Å². The van der Waals surface area contributed by atoms with E-state index >= 15 is 0 Å². The summed E-state index contributed by atoms with van der Waals surface area (Å²) in [6.45, 7) is 2.08. The highest BCUT2D eigenvalue weighted by atomic mass is 79.9. The molecule has 0 N–H and O–H groups in total. The number of benzene rings is 2. The molecule has 0 aromatic heterocycles. The molecule has 0 saturated carbocycles. The van der Waals surface area contributed by atoms with Gasteiger partial charge in [-0.05, 0) is 47.9 Å². The Hall–Kier alpha value is -1.06. The van der Waals surface area contributed by atoms with E-state index in [1.165, 1.54) is 5.56 Å². The first-order valence-corrected chi connectivity index (χ1v) is 7.46. The summed E-state index contributed by atoms with van der Waals surface area (Å²) in [4.78, 5) is 0. The number of ether oxygens (including phenoxy) is 1. The van der Waals surface area contributed by atoms with Crippen LogP contribution < -0.4 is 4.74 Å². The van der Waals surface area contributed by atoms with Gasteiger partial charge in [0.2, 0.25) is 0 Å². The number of methoxy groups -OCH3 is 1. The second-order valence-corrected chi connectivity index (χ2v) is 6.05. The van der Waals surface area contributed by atoms with Gasteiger partial charge in [0.1, 0.15) is 5.75 Å². The van der Waals surface area contributed by atoms with Crippen LogP contribution in [0.15, 0.2) is 45.3 Å². The lowest BCUT2D eigenvalue weighted by Gasteiger charge is -2.03. The summed E-state index contributed by atoms with van der Waals surface area (Å²) in [5.41, 5.74) is 3.50. The van der Waals surface area contributed by atoms with E-state index < -0.39 is 0 Å². The van der Waals surface area contributed by atoms with E-state index in [2.05, 4.69) is 75.2 Å². The molecule has 0 aliphatic heterocycles. The van der Waals surface area contributed by atoms with E-state index in [4.69, 9.17) is 4.74 Å². The van der Waals surface area contributed by atoms with Crippen molar-refractivity contribution >= 4 is 44.0 Å². The van der Waals surface area contributed by atoms with Gasteiger partial charge >= 0.3 is 0 Å². The lowest BCUT2D eigenvalue weighted by Crippen LogP contribution is -1.84. The Balaban J connectivity index is 2.29. The van der Waals surface area contributed by atoms with E-state index in [9.17, 15) is 0 Å². The summed E-state index contributed by atoms with van der Waals surface area (Å²) in [6.07, 6.45) is 4.16. The number of aryl methyl sites for hydroxylation is 1. The van der Waals surface area contributed by atoms with Gasteiger partial charge in [-0.25, -0.2) is 0 Å². The van der Waals surface area contributed by atoms with Crippen LogP contribution in [0.25, 0.3) is 12.2 Å². The van der Waals surface area contributed by atoms with Gasteiger partial charge < -0.3 is 4.74 Å². The van der Waals surface area contributed by atoms with Crippen LogP contribution in [0, 0.1) is 6.92 Å². The Morgan fingerprint density at radius 1 is 1.00 bits per heavy atom. The Kier molecular flexibility index (Phi) is 4.83. The Bertz CT molecular complexity index is 618. The predicted octanol–water partition coefficient (Wildman–Crippen LogP) is 5.70. The fourth-order valence-corrected chi connectivity index (χ4v) is 2.87. The van der Waals surface area contributed by atoms with Gasteiger partial charge in [0.25, 0.3) is 0 Å². The molecule has 0 bridgehead atoms. The van der Waals surface area contributed by atoms with Crippen LogP contribution in [0.2, 0.25) is 0 Å². The number of halogens is 2. The van der Waals surface area contributed by atoms with Gasteiger partial charge in [0.15, 0.2) is 0 Å². The van der Waals surface area contributed by atoms with Crippen LogP contribution in [0.1, 0.15) is 16.7 Å². The fourth-order valence-electron chi connectivity index (χ4n) is 1.75. The van der Waals surface area contributed by atoms with Crippen molar-refractivity contribution in [1.82, 2.24) is 0 Å². The summed E-state index contributed by atoms with van der Waals surface area (Å²) in [5, 5.41) is 0. The SMILES string of the molecule is COc1cc(Br)cc(C=Cc2ccc(C)cc2Br)c1. The highest BCUT2D eigenvalue weighted by Gasteiger charge is 1.99. The summed E-state index contributed by atoms with van der Waals surface area (Å²) < 4.78 is 7.37. The maximum Gasteiger partial charge on any atom is 0.120 e. The van der Waals surface area contributed by atoms with Crippen molar-refractivity contribution in [2.75, 3.05) is 7.11 Å². The van der Waals surface area contributed by atoms with Gasteiger partial charge in [-0.15, -0.1) is 0 Å². The van der Waals surface area contributed by atoms with E-state index in [1.807, 2.05) is 12.1 Å². The van der Waals surface area contributed by atoms with Crippen LogP contribution in [-0.2, 0) is 0 Å². The molecule has 19 heavy (non-hydrogen) atoms. The van der Waals surface area contributed by atoms with Crippen molar-refractivity contribution in [3.63, 3.8) is 0 Å². The molecule has 0 atom stereocenters. The van der Waals surface area contributed by atoms with Crippen molar-refractivity contribution < 1.29 is 4.74 Å². The second-order valence-electron chi connectivity index (χ2n) is 4.28. The first-order chi connectivity index (χ1) is 9.08. The topological polar surface area (TPSA) is 9.23 Å². The summed E-state index contributed by atoms with van der Waals surface area (Å²) >= 11 is 7.06. The van der Waals surface area contributed by atoms with Crippen LogP contribution in [0.3, 0.4) is 0 Å². The first kappa shape index (κ1) is 14.4. The van der Waals surface area contributed by atoms with Crippen molar-refractivity contribution in [3.8, 4) is 5.75 Å². The maximum atomic E-state index is 5.25. The molecule has 0 saturated heterocycles. The molecule has 0 amide bonds. The number of hydrogen-bond donors (Lipinski definition) is 0. The van der Waals surface area contributed by atoms with Crippen LogP contribution in [0.5, 0.6) is 5.75 Å². The van der Waals surface area contributed by atoms with Crippen LogP contribution in [-0.4, -0.2) is 7.11 Å². The molecular weight excluding hydrogens is 368 g/mol. The molecule has 0 heterocycles. The number of rotatable bonds is 3. The average Bonchev–Trinajstić information content (AvgIpc) is 2.37. The number of hydrogen-bond acceptors (Lipinski definition) is 1. The smallest absolute Gasteiger partial charge is 0.120 e. The van der Waals surface area contributed by atoms with Gasteiger partial charge in [0.05, 0.1) is 7.11 Å². The molecule has 2 aromatic carbocycles. The molecule has 0 radical (unpaired) electrons. The molecule has 0 aliphatic rings. The largest absolute Gasteiger partial charge is 0.497 e. The molecule has 0 aliphatic carbocycles. The first-order valence-electron chi connectivity index (χ1n) is 5.87. The summed E-state index contributed by atoms with van der Waals surface area (Å²) in [6, 6.07) is 12.3. The zero-order valence-electron chi connectivity index (χ0n) is 10.8. The fraction of sp³-hybridized carbons (Fsp3) is 0.125. The van der Waals surface area contributed by atoms with Gasteiger partial charge in [-0.2, -0.15) is 0 Å². The van der Waals surface area contributed by atoms with Crippen LogP contribution in [0.4, 0.5) is 0 Å². The summed E-state index contributed by atoms with van der Waals surface area (Å²) in [5.74, 6) is 0.844. The minimum atomic E-state index is 0.844. The monoisotopic (exact) mass is 380 g/mol. The van der Waals surface area contributed by atoms with Crippen LogP contribution >= 0.6 is 31.9 Å². The predicted molar refractivity (Wildman–Crippen MR) is 88.5 cm³/mol. The molecule has 0 spiro atoms. The normalized spacial score (nSPS) is 10.9. The molecular formula is C16H14Br2O. The van der Waals surface area contributed by atoms with E-state index in [-0.39, 0.29) is 0 Å². The minimum Gasteiger partial charge on any atom is -0.497 e. The van der Waals surface area contributed by atoms with E-state index in [1.54, 1.807) is 7.11 Å². The molecule has 2 aromatic rings. The standard InChI is InChI=1S/C16H14Br2O/c1-11-3-5-13(16(18)7-11)6-4-12-8-14(17)10-15(9-12)19-2/h3-10H,1-2H3. The molecule has 0 unspecified atom stereocenters. The highest BCUT2D eigenvalue weighted by molar-refractivity contribution is 9.10. The Morgan fingerprint density at radius 2 is 1.79 bits per heavy atom. The quantitative estimate of drug-likeness (QED) is 0.619. The zero-order chi connectivity index (χ0) is 13.8. The minimum absolute atomic E-state index is 0.844. The third-order valence-corrected chi connectivity index (χ3v) is 3.89. The zero-order valence-corrected chi connectivity index (χ0v) is 14.0. The third-order valence-electron chi connectivity index (χ3n) is 2.74. The average molecular weight is 382 g/mol. The molecule has 2 rings (SSSR count). The lowest BCUT2D eigenvalue weighted by atomic mass is 10.1. The van der Waals surface area contributed by atoms with E-state index in [0.717, 1.165) is 25.8 Å². The molecule has 3 heteroatoms. The van der Waals surface area contributed by atoms with Crippen molar-refractivity contribution in [1.29, 1.82) is 0 Å². The van der Waals surface area contributed by atoms with Gasteiger partial charge in [0, 0.05) is 8.95 Å². The van der Waals surface area contributed by atoms with Gasteiger partial charge in [-0.3, -0.25) is 0 Å². The van der Waals surface area contributed by atoms with Crippen molar-refractivity contribution in [2.45, 2.75) is 6.92 Å². The molecule has 1 nitrogen and oxygen atoms in total. The van der Waals surface area contributed by atoms with Crippen molar-refractivity contribution in [3.05, 3.63) is 62.0 Å². The Labute approximate surface area is 130 Å². The lowest BCUT2D eigenvalue weighted by molar-refractivity contribution is 0.414. The highest BCUT2D eigenvalue weighted by Crippen LogP contribution is 2.24. The van der Waals surface area contributed by atoms with Gasteiger partial charge in [-0.1, -0.05) is 56.1 Å². The molecule has 0 fully saturated rings. The second kappa shape index (κ2) is 6.40. The summed E-state index contributed by atoms with van der Waals surface area (Å²) in [7, 11) is 1.67.